The highest BCUT2D eigenvalue weighted by Crippen LogP contribution is 2.35. The summed E-state index contributed by atoms with van der Waals surface area (Å²) in [5.74, 6) is -0.435. The largest absolute Gasteiger partial charge is 0.464 e. The van der Waals surface area contributed by atoms with Gasteiger partial charge in [-0.3, -0.25) is 4.79 Å². The molecule has 238 valence electrons. The molecule has 9 nitrogen and oxygen atoms in total. The van der Waals surface area contributed by atoms with Crippen LogP contribution >= 0.6 is 0 Å². The fourth-order valence-electron chi connectivity index (χ4n) is 5.96. The second kappa shape index (κ2) is 16.7. The van der Waals surface area contributed by atoms with Crippen LogP contribution < -0.4 is 5.32 Å². The molecule has 4 aromatic rings. The van der Waals surface area contributed by atoms with E-state index in [0.717, 1.165) is 22.3 Å². The van der Waals surface area contributed by atoms with Crippen LogP contribution in [0.25, 0.3) is 10.4 Å². The molecule has 0 saturated carbocycles. The van der Waals surface area contributed by atoms with Crippen molar-refractivity contribution in [3.8, 4) is 0 Å². The highest BCUT2D eigenvalue weighted by Gasteiger charge is 2.55. The first-order valence-corrected chi connectivity index (χ1v) is 15.5. The number of hydrogen-bond acceptors (Lipinski definition) is 7. The molecule has 1 heterocycles. The third-order valence-corrected chi connectivity index (χ3v) is 8.12. The van der Waals surface area contributed by atoms with Gasteiger partial charge >= 0.3 is 5.97 Å². The van der Waals surface area contributed by atoms with E-state index in [1.54, 1.807) is 0 Å². The lowest BCUT2D eigenvalue weighted by molar-refractivity contribution is -0.167. The fourth-order valence-corrected chi connectivity index (χ4v) is 5.96. The van der Waals surface area contributed by atoms with Gasteiger partial charge in [0, 0.05) is 11.8 Å². The van der Waals surface area contributed by atoms with Crippen molar-refractivity contribution in [3.63, 3.8) is 0 Å². The van der Waals surface area contributed by atoms with Crippen LogP contribution in [0.1, 0.15) is 29.2 Å². The zero-order chi connectivity index (χ0) is 32.0. The summed E-state index contributed by atoms with van der Waals surface area (Å²) in [6.45, 7) is 2.56. The number of hydrogen-bond donors (Lipinski definition) is 1. The monoisotopic (exact) mass is 620 g/mol. The first-order valence-electron chi connectivity index (χ1n) is 15.5. The van der Waals surface area contributed by atoms with Gasteiger partial charge in [-0.1, -0.05) is 126 Å². The van der Waals surface area contributed by atoms with Crippen molar-refractivity contribution in [2.45, 2.75) is 63.0 Å². The maximum Gasteiger partial charge on any atom is 0.302 e. The standard InChI is InChI=1S/C37H40N4O5/c1-28(42)46-27-37(22-29-14-6-2-7-15-29)36(40-41-38)35(45-25-32-20-12-5-13-21-32)34(44-24-31-18-10-4-11-19-31)33(39-37)26-43-23-30-16-8-3-9-17-30/h2-21,33-36,39H,22-27H2,1H3/t33-,34-,35+,36-,37-/m1/s1. The smallest absolute Gasteiger partial charge is 0.302 e. The molecule has 9 heteroatoms. The molecule has 46 heavy (non-hydrogen) atoms. The van der Waals surface area contributed by atoms with Crippen LogP contribution in [0.2, 0.25) is 0 Å². The van der Waals surface area contributed by atoms with Gasteiger partial charge in [0.2, 0.25) is 0 Å². The second-order valence-electron chi connectivity index (χ2n) is 11.5. The summed E-state index contributed by atoms with van der Waals surface area (Å²) >= 11 is 0. The maximum absolute atomic E-state index is 12.2. The van der Waals surface area contributed by atoms with Gasteiger partial charge < -0.3 is 24.3 Å². The maximum atomic E-state index is 12.2. The molecule has 5 rings (SSSR count). The number of carbonyl (C=O) groups is 1. The van der Waals surface area contributed by atoms with Crippen molar-refractivity contribution in [1.29, 1.82) is 0 Å². The van der Waals surface area contributed by atoms with Gasteiger partial charge in [-0.2, -0.15) is 0 Å². The Balaban J connectivity index is 1.54. The molecule has 0 amide bonds. The number of piperidine rings is 1. The predicted molar refractivity (Wildman–Crippen MR) is 176 cm³/mol. The average molecular weight is 621 g/mol. The molecule has 0 spiro atoms. The van der Waals surface area contributed by atoms with Crippen molar-refractivity contribution in [3.05, 3.63) is 154 Å². The lowest BCUT2D eigenvalue weighted by Crippen LogP contribution is -2.75. The Morgan fingerprint density at radius 3 is 1.72 bits per heavy atom. The Morgan fingerprint density at radius 1 is 0.739 bits per heavy atom. The van der Waals surface area contributed by atoms with Gasteiger partial charge in [0.05, 0.1) is 50.2 Å². The third-order valence-electron chi connectivity index (χ3n) is 8.12. The van der Waals surface area contributed by atoms with Crippen molar-refractivity contribution < 1.29 is 23.7 Å². The zero-order valence-corrected chi connectivity index (χ0v) is 26.0. The third kappa shape index (κ3) is 9.03. The van der Waals surface area contributed by atoms with Gasteiger partial charge in [-0.05, 0) is 34.2 Å². The van der Waals surface area contributed by atoms with E-state index in [4.69, 9.17) is 18.9 Å². The van der Waals surface area contributed by atoms with Crippen LogP contribution in [0, 0.1) is 0 Å². The Morgan fingerprint density at radius 2 is 1.22 bits per heavy atom. The van der Waals surface area contributed by atoms with E-state index in [-0.39, 0.29) is 19.8 Å². The number of benzene rings is 4. The summed E-state index contributed by atoms with van der Waals surface area (Å²) in [6.07, 6.45) is -0.904. The van der Waals surface area contributed by atoms with Crippen LogP contribution in [-0.4, -0.2) is 49.0 Å². The second-order valence-corrected chi connectivity index (χ2v) is 11.5. The molecule has 0 bridgehead atoms. The minimum Gasteiger partial charge on any atom is -0.464 e. The quantitative estimate of drug-likeness (QED) is 0.0696. The Kier molecular flexibility index (Phi) is 11.9. The topological polar surface area (TPSA) is 115 Å². The highest BCUT2D eigenvalue weighted by atomic mass is 16.6. The van der Waals surface area contributed by atoms with Gasteiger partial charge in [0.25, 0.3) is 0 Å². The number of azide groups is 1. The van der Waals surface area contributed by atoms with E-state index < -0.39 is 35.8 Å². The van der Waals surface area contributed by atoms with E-state index in [2.05, 4.69) is 15.3 Å². The average Bonchev–Trinajstić information content (AvgIpc) is 3.09. The molecule has 4 aromatic carbocycles. The summed E-state index contributed by atoms with van der Waals surface area (Å²) in [4.78, 5) is 15.5. The number of carbonyl (C=O) groups excluding carboxylic acids is 1. The molecule has 0 radical (unpaired) electrons. The molecular weight excluding hydrogens is 580 g/mol. The van der Waals surface area contributed by atoms with Crippen molar-refractivity contribution in [2.75, 3.05) is 13.2 Å². The molecule has 1 N–H and O–H groups in total. The molecule has 1 aliphatic heterocycles. The molecular formula is C37H40N4O5. The van der Waals surface area contributed by atoms with Crippen LogP contribution in [0.4, 0.5) is 0 Å². The lowest BCUT2D eigenvalue weighted by Gasteiger charge is -2.52. The summed E-state index contributed by atoms with van der Waals surface area (Å²) in [5, 5.41) is 8.09. The minimum atomic E-state index is -1.03. The summed E-state index contributed by atoms with van der Waals surface area (Å²) < 4.78 is 25.4. The first-order chi connectivity index (χ1) is 22.6. The van der Waals surface area contributed by atoms with Gasteiger partial charge in [0.1, 0.15) is 12.7 Å². The van der Waals surface area contributed by atoms with E-state index in [1.807, 2.05) is 121 Å². The Bertz CT molecular complexity index is 1540. The van der Waals surface area contributed by atoms with Gasteiger partial charge in [-0.15, -0.1) is 0 Å². The Labute approximate surface area is 270 Å². The number of nitrogens with one attached hydrogen (secondary N) is 1. The summed E-state index contributed by atoms with van der Waals surface area (Å²) in [5.41, 5.74) is 12.9. The highest BCUT2D eigenvalue weighted by molar-refractivity contribution is 5.66. The van der Waals surface area contributed by atoms with Crippen molar-refractivity contribution in [1.82, 2.24) is 5.32 Å². The lowest BCUT2D eigenvalue weighted by atomic mass is 9.74. The van der Waals surface area contributed by atoms with Crippen LogP contribution in [0.15, 0.2) is 126 Å². The van der Waals surface area contributed by atoms with Gasteiger partial charge in [0.15, 0.2) is 0 Å². The zero-order valence-electron chi connectivity index (χ0n) is 26.0. The number of ether oxygens (including phenoxy) is 4. The van der Waals surface area contributed by atoms with E-state index in [9.17, 15) is 10.3 Å². The predicted octanol–water partition coefficient (Wildman–Crippen LogP) is 6.57. The van der Waals surface area contributed by atoms with E-state index >= 15 is 0 Å². The molecule has 0 unspecified atom stereocenters. The minimum absolute atomic E-state index is 0.0489. The van der Waals surface area contributed by atoms with Crippen molar-refractivity contribution >= 4 is 5.97 Å². The molecule has 0 aromatic heterocycles. The normalized spacial score (nSPS) is 22.5. The molecule has 5 atom stereocenters. The van der Waals surface area contributed by atoms with E-state index in [0.29, 0.717) is 19.6 Å². The number of esters is 1. The van der Waals surface area contributed by atoms with E-state index in [1.165, 1.54) is 6.92 Å². The van der Waals surface area contributed by atoms with Crippen molar-refractivity contribution in [2.24, 2.45) is 5.11 Å². The fraction of sp³-hybridized carbons (Fsp3) is 0.324. The molecule has 1 fully saturated rings. The van der Waals surface area contributed by atoms with Gasteiger partial charge in [-0.25, -0.2) is 0 Å². The summed E-state index contributed by atoms with van der Waals surface area (Å²) in [6, 6.07) is 38.3. The number of rotatable bonds is 15. The van der Waals surface area contributed by atoms with Crippen LogP contribution in [0.5, 0.6) is 0 Å². The summed E-state index contributed by atoms with van der Waals surface area (Å²) in [7, 11) is 0. The number of nitrogens with zero attached hydrogens (tertiary/aromatic N) is 3. The molecule has 1 saturated heterocycles. The molecule has 1 aliphatic rings. The first kappa shape index (κ1) is 32.9. The SMILES string of the molecule is CC(=O)OC[C@@]1(Cc2ccccc2)N[C@H](COCc2ccccc2)[C@@H](OCc2ccccc2)[C@H](OCc2ccccc2)[C@H]1N=[N+]=[N-]. The van der Waals surface area contributed by atoms with Crippen LogP contribution in [0.3, 0.4) is 0 Å². The Hall–Kier alpha value is -4.50. The molecule has 0 aliphatic carbocycles. The van der Waals surface area contributed by atoms with Crippen LogP contribution in [-0.2, 0) is 50.0 Å².